The lowest BCUT2D eigenvalue weighted by molar-refractivity contribution is 0.117. The summed E-state index contributed by atoms with van der Waals surface area (Å²) in [4.78, 5) is 5.45. The second-order valence-corrected chi connectivity index (χ2v) is 7.34. The lowest BCUT2D eigenvalue weighted by atomic mass is 9.91. The van der Waals surface area contributed by atoms with Crippen LogP contribution in [0.2, 0.25) is 0 Å². The average Bonchev–Trinajstić information content (AvgIpc) is 2.78. The van der Waals surface area contributed by atoms with Gasteiger partial charge in [-0.15, -0.1) is 11.3 Å². The van der Waals surface area contributed by atoms with E-state index in [1.807, 2.05) is 11.3 Å². The first kappa shape index (κ1) is 15.0. The Hall–Kier alpha value is -0.380. The Kier molecular flexibility index (Phi) is 5.43. The van der Waals surface area contributed by atoms with E-state index in [-0.39, 0.29) is 6.04 Å². The van der Waals surface area contributed by atoms with Crippen molar-refractivity contribution in [3.05, 3.63) is 21.9 Å². The van der Waals surface area contributed by atoms with Crippen LogP contribution in [-0.2, 0) is 0 Å². The summed E-state index contributed by atoms with van der Waals surface area (Å²) >= 11 is 1.91. The number of piperidine rings is 1. The Morgan fingerprint density at radius 1 is 1.37 bits per heavy atom. The Balaban J connectivity index is 2.01. The second-order valence-electron chi connectivity index (χ2n) is 6.02. The first-order valence-electron chi connectivity index (χ1n) is 7.67. The second kappa shape index (κ2) is 6.87. The van der Waals surface area contributed by atoms with Gasteiger partial charge < -0.3 is 5.73 Å². The molecule has 2 rings (SSSR count). The Morgan fingerprint density at radius 3 is 2.53 bits per heavy atom. The van der Waals surface area contributed by atoms with Gasteiger partial charge in [-0.3, -0.25) is 4.90 Å². The smallest absolute Gasteiger partial charge is 0.0590 e. The fourth-order valence-electron chi connectivity index (χ4n) is 3.31. The summed E-state index contributed by atoms with van der Waals surface area (Å²) in [5.41, 5.74) is 6.27. The fourth-order valence-corrected chi connectivity index (χ4v) is 4.44. The number of hydrogen-bond donors (Lipinski definition) is 1. The van der Waals surface area contributed by atoms with E-state index in [1.165, 1.54) is 48.5 Å². The first-order chi connectivity index (χ1) is 9.11. The van der Waals surface area contributed by atoms with Crippen molar-refractivity contribution in [2.45, 2.75) is 58.5 Å². The van der Waals surface area contributed by atoms with Crippen LogP contribution < -0.4 is 5.73 Å². The highest BCUT2D eigenvalue weighted by atomic mass is 32.1. The molecule has 19 heavy (non-hydrogen) atoms. The molecule has 0 amide bonds. The average molecular weight is 280 g/mol. The Morgan fingerprint density at radius 2 is 2.05 bits per heavy atom. The minimum absolute atomic E-state index is 0.209. The molecule has 1 aliphatic rings. The summed E-state index contributed by atoms with van der Waals surface area (Å²) in [7, 11) is 0. The maximum absolute atomic E-state index is 6.27. The molecule has 0 aromatic carbocycles. The Labute approximate surface area is 122 Å². The molecule has 2 unspecified atom stereocenters. The molecule has 0 saturated carbocycles. The van der Waals surface area contributed by atoms with Crippen LogP contribution in [0.15, 0.2) is 12.1 Å². The molecule has 2 atom stereocenters. The highest BCUT2D eigenvalue weighted by Crippen LogP contribution is 2.33. The number of aryl methyl sites for hydroxylation is 1. The maximum atomic E-state index is 6.27. The van der Waals surface area contributed by atoms with E-state index in [0.717, 1.165) is 5.92 Å². The molecular formula is C16H28N2S. The van der Waals surface area contributed by atoms with Gasteiger partial charge in [-0.1, -0.05) is 19.8 Å². The molecule has 0 radical (unpaired) electrons. The molecule has 0 aliphatic carbocycles. The highest BCUT2D eigenvalue weighted by Gasteiger charge is 2.28. The van der Waals surface area contributed by atoms with Gasteiger partial charge in [0.2, 0.25) is 0 Å². The normalized spacial score (nSPS) is 21.5. The Bertz CT molecular complexity index is 378. The van der Waals surface area contributed by atoms with Crippen LogP contribution >= 0.6 is 11.3 Å². The largest absolute Gasteiger partial charge is 0.326 e. The third kappa shape index (κ3) is 3.80. The molecular weight excluding hydrogens is 252 g/mol. The van der Waals surface area contributed by atoms with Gasteiger partial charge in [0.25, 0.3) is 0 Å². The first-order valence-corrected chi connectivity index (χ1v) is 8.49. The van der Waals surface area contributed by atoms with E-state index in [9.17, 15) is 0 Å². The number of thiophene rings is 1. The number of hydrogen-bond acceptors (Lipinski definition) is 3. The van der Waals surface area contributed by atoms with Crippen LogP contribution in [0.5, 0.6) is 0 Å². The molecule has 0 spiro atoms. The van der Waals surface area contributed by atoms with Crippen molar-refractivity contribution in [1.29, 1.82) is 0 Å². The molecule has 0 bridgehead atoms. The van der Waals surface area contributed by atoms with Crippen molar-refractivity contribution < 1.29 is 0 Å². The van der Waals surface area contributed by atoms with Gasteiger partial charge in [-0.05, 0) is 57.8 Å². The number of rotatable bonds is 5. The van der Waals surface area contributed by atoms with Crippen LogP contribution in [0.4, 0.5) is 0 Å². The van der Waals surface area contributed by atoms with Gasteiger partial charge in [-0.2, -0.15) is 0 Å². The molecule has 3 heteroatoms. The van der Waals surface area contributed by atoms with Gasteiger partial charge in [0, 0.05) is 15.8 Å². The third-order valence-corrected chi connectivity index (χ3v) is 5.36. The lowest BCUT2D eigenvalue weighted by Crippen LogP contribution is -2.43. The van der Waals surface area contributed by atoms with Crippen LogP contribution in [0.25, 0.3) is 0 Å². The molecule has 1 aliphatic heterocycles. The summed E-state index contributed by atoms with van der Waals surface area (Å²) in [6.07, 6.45) is 5.42. The summed E-state index contributed by atoms with van der Waals surface area (Å²) in [6.45, 7) is 9.06. The van der Waals surface area contributed by atoms with Gasteiger partial charge in [0.05, 0.1) is 6.04 Å². The van der Waals surface area contributed by atoms with Gasteiger partial charge >= 0.3 is 0 Å². The third-order valence-electron chi connectivity index (χ3n) is 4.29. The van der Waals surface area contributed by atoms with Crippen molar-refractivity contribution >= 4 is 11.3 Å². The van der Waals surface area contributed by atoms with E-state index >= 15 is 0 Å². The van der Waals surface area contributed by atoms with Crippen LogP contribution in [0.3, 0.4) is 0 Å². The van der Waals surface area contributed by atoms with Crippen molar-refractivity contribution in [3.8, 4) is 0 Å². The molecule has 108 valence electrons. The molecule has 1 fully saturated rings. The SMILES string of the molecule is CCCC1CCN(C(c2ccc(C)s2)C(C)N)CC1. The van der Waals surface area contributed by atoms with Crippen LogP contribution in [0.1, 0.15) is 55.3 Å². The lowest BCUT2D eigenvalue weighted by Gasteiger charge is -2.39. The molecule has 2 nitrogen and oxygen atoms in total. The van der Waals surface area contributed by atoms with Gasteiger partial charge in [0.1, 0.15) is 0 Å². The summed E-state index contributed by atoms with van der Waals surface area (Å²) < 4.78 is 0. The topological polar surface area (TPSA) is 29.3 Å². The van der Waals surface area contributed by atoms with Gasteiger partial charge in [-0.25, -0.2) is 0 Å². The maximum Gasteiger partial charge on any atom is 0.0590 e. The van der Waals surface area contributed by atoms with Crippen molar-refractivity contribution in [3.63, 3.8) is 0 Å². The van der Waals surface area contributed by atoms with Crippen molar-refractivity contribution in [2.24, 2.45) is 11.7 Å². The zero-order valence-electron chi connectivity index (χ0n) is 12.6. The summed E-state index contributed by atoms with van der Waals surface area (Å²) in [5, 5.41) is 0. The molecule has 1 aromatic rings. The molecule has 2 N–H and O–H groups in total. The van der Waals surface area contributed by atoms with Crippen LogP contribution in [0, 0.1) is 12.8 Å². The van der Waals surface area contributed by atoms with Gasteiger partial charge in [0.15, 0.2) is 0 Å². The monoisotopic (exact) mass is 280 g/mol. The highest BCUT2D eigenvalue weighted by molar-refractivity contribution is 7.12. The van der Waals surface area contributed by atoms with E-state index < -0.39 is 0 Å². The zero-order chi connectivity index (χ0) is 13.8. The van der Waals surface area contributed by atoms with E-state index in [4.69, 9.17) is 5.73 Å². The number of likely N-dealkylation sites (tertiary alicyclic amines) is 1. The number of nitrogens with two attached hydrogens (primary N) is 1. The molecule has 1 saturated heterocycles. The predicted octanol–water partition coefficient (Wildman–Crippen LogP) is 3.96. The minimum Gasteiger partial charge on any atom is -0.326 e. The van der Waals surface area contributed by atoms with E-state index in [0.29, 0.717) is 6.04 Å². The standard InChI is InChI=1S/C16H28N2S/c1-4-5-14-8-10-18(11-9-14)16(13(3)17)15-7-6-12(2)19-15/h6-7,13-14,16H,4-5,8-11,17H2,1-3H3. The van der Waals surface area contributed by atoms with Crippen molar-refractivity contribution in [1.82, 2.24) is 4.90 Å². The summed E-state index contributed by atoms with van der Waals surface area (Å²) in [5.74, 6) is 0.944. The molecule has 1 aromatic heterocycles. The fraction of sp³-hybridized carbons (Fsp3) is 0.750. The quantitative estimate of drug-likeness (QED) is 0.884. The van der Waals surface area contributed by atoms with E-state index in [1.54, 1.807) is 0 Å². The van der Waals surface area contributed by atoms with Crippen LogP contribution in [-0.4, -0.2) is 24.0 Å². The zero-order valence-corrected chi connectivity index (χ0v) is 13.4. The number of nitrogens with zero attached hydrogens (tertiary/aromatic N) is 1. The predicted molar refractivity (Wildman–Crippen MR) is 84.7 cm³/mol. The van der Waals surface area contributed by atoms with Crippen molar-refractivity contribution in [2.75, 3.05) is 13.1 Å². The molecule has 2 heterocycles. The minimum atomic E-state index is 0.209. The summed E-state index contributed by atoms with van der Waals surface area (Å²) in [6, 6.07) is 5.12. The van der Waals surface area contributed by atoms with E-state index in [2.05, 4.69) is 37.8 Å².